The molecule has 1 heterocycles. The smallest absolute Gasteiger partial charge is 0.337 e. The molecule has 0 aromatic carbocycles. The van der Waals surface area contributed by atoms with Crippen molar-refractivity contribution in [2.75, 3.05) is 6.54 Å². The standard InChI is InChI=1S/C10H13ClN2O4S/c1-10(17,8(14)15)5-13-9(16)12-4-6-2-3-7(11)18-6/h2-3,17H,4-5H2,1H3,(H,14,15)(H2,12,13,16). The van der Waals surface area contributed by atoms with Crippen molar-refractivity contribution in [2.24, 2.45) is 0 Å². The number of urea groups is 1. The zero-order valence-corrected chi connectivity index (χ0v) is 11.1. The van der Waals surface area contributed by atoms with Crippen LogP contribution in [-0.4, -0.2) is 34.4 Å². The van der Waals surface area contributed by atoms with Crippen LogP contribution in [0.1, 0.15) is 11.8 Å². The summed E-state index contributed by atoms with van der Waals surface area (Å²) in [4.78, 5) is 22.8. The lowest BCUT2D eigenvalue weighted by atomic mass is 10.1. The molecule has 1 unspecified atom stereocenters. The number of aliphatic carboxylic acids is 1. The number of rotatable bonds is 5. The molecule has 0 bridgehead atoms. The molecular weight excluding hydrogens is 280 g/mol. The lowest BCUT2D eigenvalue weighted by Gasteiger charge is -2.18. The van der Waals surface area contributed by atoms with Gasteiger partial charge in [0.25, 0.3) is 0 Å². The van der Waals surface area contributed by atoms with Crippen molar-refractivity contribution in [3.8, 4) is 0 Å². The molecule has 0 fully saturated rings. The number of aliphatic hydroxyl groups is 1. The number of carboxylic acid groups (broad SMARTS) is 1. The Labute approximate surface area is 113 Å². The molecule has 0 aliphatic rings. The summed E-state index contributed by atoms with van der Waals surface area (Å²) in [6.45, 7) is 1.02. The fourth-order valence-electron chi connectivity index (χ4n) is 1.00. The van der Waals surface area contributed by atoms with E-state index in [1.807, 2.05) is 0 Å². The highest BCUT2D eigenvalue weighted by molar-refractivity contribution is 7.16. The van der Waals surface area contributed by atoms with Crippen LogP contribution in [0.4, 0.5) is 4.79 Å². The summed E-state index contributed by atoms with van der Waals surface area (Å²) in [6.07, 6.45) is 0. The van der Waals surface area contributed by atoms with Crippen molar-refractivity contribution in [3.63, 3.8) is 0 Å². The Hall–Kier alpha value is -1.31. The molecular formula is C10H13ClN2O4S. The van der Waals surface area contributed by atoms with E-state index in [4.69, 9.17) is 16.7 Å². The van der Waals surface area contributed by atoms with Gasteiger partial charge in [-0.25, -0.2) is 9.59 Å². The fraction of sp³-hybridized carbons (Fsp3) is 0.400. The van der Waals surface area contributed by atoms with E-state index in [0.717, 1.165) is 11.8 Å². The number of carbonyl (C=O) groups is 2. The summed E-state index contributed by atoms with van der Waals surface area (Å²) < 4.78 is 0.626. The lowest BCUT2D eigenvalue weighted by molar-refractivity contribution is -0.155. The molecule has 0 spiro atoms. The van der Waals surface area contributed by atoms with Crippen molar-refractivity contribution in [3.05, 3.63) is 21.3 Å². The van der Waals surface area contributed by atoms with Crippen molar-refractivity contribution < 1.29 is 19.8 Å². The summed E-state index contributed by atoms with van der Waals surface area (Å²) in [5.74, 6) is -1.40. The van der Waals surface area contributed by atoms with Gasteiger partial charge in [0.05, 0.1) is 17.4 Å². The van der Waals surface area contributed by atoms with Crippen LogP contribution in [-0.2, 0) is 11.3 Å². The molecule has 8 heteroatoms. The molecule has 0 aliphatic heterocycles. The molecule has 2 amide bonds. The first kappa shape index (κ1) is 14.7. The second kappa shape index (κ2) is 6.03. The van der Waals surface area contributed by atoms with Crippen LogP contribution < -0.4 is 10.6 Å². The number of thiophene rings is 1. The second-order valence-corrected chi connectivity index (χ2v) is 5.62. The third-order valence-corrected chi connectivity index (χ3v) is 3.34. The highest BCUT2D eigenvalue weighted by atomic mass is 35.5. The van der Waals surface area contributed by atoms with Crippen LogP contribution in [0, 0.1) is 0 Å². The number of carbonyl (C=O) groups excluding carboxylic acids is 1. The Morgan fingerprint density at radius 3 is 2.61 bits per heavy atom. The van der Waals surface area contributed by atoms with Crippen LogP contribution in [0.15, 0.2) is 12.1 Å². The molecule has 0 saturated carbocycles. The molecule has 0 radical (unpaired) electrons. The maximum absolute atomic E-state index is 11.3. The third-order valence-electron chi connectivity index (χ3n) is 2.11. The van der Waals surface area contributed by atoms with E-state index in [1.54, 1.807) is 12.1 Å². The highest BCUT2D eigenvalue weighted by Crippen LogP contribution is 2.20. The maximum Gasteiger partial charge on any atom is 0.337 e. The largest absolute Gasteiger partial charge is 0.479 e. The molecule has 1 aromatic rings. The third kappa shape index (κ3) is 4.52. The van der Waals surface area contributed by atoms with Gasteiger partial charge in [-0.15, -0.1) is 11.3 Å². The Bertz CT molecular complexity index is 447. The fourth-order valence-corrected chi connectivity index (χ4v) is 2.03. The maximum atomic E-state index is 11.3. The second-order valence-electron chi connectivity index (χ2n) is 3.82. The first-order chi connectivity index (χ1) is 8.31. The van der Waals surface area contributed by atoms with Crippen molar-refractivity contribution in [2.45, 2.75) is 19.1 Å². The number of carboxylic acids is 1. The van der Waals surface area contributed by atoms with Crippen molar-refractivity contribution in [1.82, 2.24) is 10.6 Å². The van der Waals surface area contributed by atoms with E-state index in [2.05, 4.69) is 10.6 Å². The average molecular weight is 293 g/mol. The Kier molecular flexibility index (Phi) is 4.94. The van der Waals surface area contributed by atoms with Gasteiger partial charge in [-0.05, 0) is 19.1 Å². The van der Waals surface area contributed by atoms with Gasteiger partial charge in [0.2, 0.25) is 0 Å². The number of hydrogen-bond acceptors (Lipinski definition) is 4. The number of halogens is 1. The highest BCUT2D eigenvalue weighted by Gasteiger charge is 2.30. The van der Waals surface area contributed by atoms with Crippen LogP contribution in [0.5, 0.6) is 0 Å². The first-order valence-corrected chi connectivity index (χ1v) is 6.22. The average Bonchev–Trinajstić information content (AvgIpc) is 2.69. The van der Waals surface area contributed by atoms with Crippen LogP contribution >= 0.6 is 22.9 Å². The summed E-state index contributed by atoms with van der Waals surface area (Å²) in [5, 5.41) is 22.8. The van der Waals surface area contributed by atoms with E-state index in [-0.39, 0.29) is 6.54 Å². The number of hydrogen-bond donors (Lipinski definition) is 4. The van der Waals surface area contributed by atoms with Gasteiger partial charge in [0, 0.05) is 4.88 Å². The van der Waals surface area contributed by atoms with E-state index in [9.17, 15) is 14.7 Å². The van der Waals surface area contributed by atoms with E-state index < -0.39 is 17.6 Å². The molecule has 6 nitrogen and oxygen atoms in total. The van der Waals surface area contributed by atoms with Gasteiger partial charge in [-0.2, -0.15) is 0 Å². The monoisotopic (exact) mass is 292 g/mol. The molecule has 18 heavy (non-hydrogen) atoms. The normalized spacial score (nSPS) is 13.7. The topological polar surface area (TPSA) is 98.7 Å². The Morgan fingerprint density at radius 2 is 2.11 bits per heavy atom. The zero-order valence-electron chi connectivity index (χ0n) is 9.57. The molecule has 100 valence electrons. The Morgan fingerprint density at radius 1 is 1.44 bits per heavy atom. The van der Waals surface area contributed by atoms with Crippen LogP contribution in [0.25, 0.3) is 0 Å². The van der Waals surface area contributed by atoms with E-state index in [0.29, 0.717) is 10.9 Å². The Balaban J connectivity index is 2.32. The zero-order chi connectivity index (χ0) is 13.8. The van der Waals surface area contributed by atoms with Gasteiger partial charge < -0.3 is 20.8 Å². The minimum Gasteiger partial charge on any atom is -0.479 e. The molecule has 0 aliphatic carbocycles. The molecule has 1 rings (SSSR count). The predicted octanol–water partition coefficient (Wildman–Crippen LogP) is 1.04. The lowest BCUT2D eigenvalue weighted by Crippen LogP contribution is -2.48. The van der Waals surface area contributed by atoms with Gasteiger partial charge in [-0.3, -0.25) is 0 Å². The SMILES string of the molecule is CC(O)(CNC(=O)NCc1ccc(Cl)s1)C(=O)O. The van der Waals surface area contributed by atoms with Crippen LogP contribution in [0.2, 0.25) is 4.34 Å². The molecule has 1 aromatic heterocycles. The summed E-state index contributed by atoms with van der Waals surface area (Å²) >= 11 is 7.06. The minimum atomic E-state index is -1.98. The number of amides is 2. The van der Waals surface area contributed by atoms with Crippen molar-refractivity contribution >= 4 is 34.9 Å². The summed E-state index contributed by atoms with van der Waals surface area (Å²) in [7, 11) is 0. The van der Waals surface area contributed by atoms with Gasteiger partial charge in [0.15, 0.2) is 5.60 Å². The van der Waals surface area contributed by atoms with Gasteiger partial charge in [0.1, 0.15) is 0 Å². The van der Waals surface area contributed by atoms with Gasteiger partial charge >= 0.3 is 12.0 Å². The van der Waals surface area contributed by atoms with Crippen molar-refractivity contribution in [1.29, 1.82) is 0 Å². The van der Waals surface area contributed by atoms with E-state index in [1.165, 1.54) is 11.3 Å². The molecule has 0 saturated heterocycles. The minimum absolute atomic E-state index is 0.290. The summed E-state index contributed by atoms with van der Waals surface area (Å²) in [5.41, 5.74) is -1.98. The van der Waals surface area contributed by atoms with Crippen LogP contribution in [0.3, 0.4) is 0 Å². The number of nitrogens with one attached hydrogen (secondary N) is 2. The van der Waals surface area contributed by atoms with E-state index >= 15 is 0 Å². The molecule has 4 N–H and O–H groups in total. The summed E-state index contributed by atoms with van der Waals surface area (Å²) in [6, 6.07) is 2.94. The quantitative estimate of drug-likeness (QED) is 0.651. The first-order valence-electron chi connectivity index (χ1n) is 5.03. The predicted molar refractivity (Wildman–Crippen MR) is 67.8 cm³/mol. The molecule has 1 atom stereocenters. The van der Waals surface area contributed by atoms with Gasteiger partial charge in [-0.1, -0.05) is 11.6 Å².